The third-order valence-corrected chi connectivity index (χ3v) is 5.31. The van der Waals surface area contributed by atoms with Gasteiger partial charge in [0.15, 0.2) is 0 Å². The predicted molar refractivity (Wildman–Crippen MR) is 93.4 cm³/mol. The SMILES string of the molecule is CCC(N)(CC)CNS(=O)(=O)c1cc(C(=O)N(C)C)n(C)c1.Cl. The second kappa shape index (κ2) is 8.14. The minimum absolute atomic E-state index is 0. The smallest absolute Gasteiger partial charge is 0.269 e. The number of hydrogen-bond donors (Lipinski definition) is 2. The molecule has 0 aliphatic rings. The van der Waals surface area contributed by atoms with E-state index in [4.69, 9.17) is 5.73 Å². The molecule has 23 heavy (non-hydrogen) atoms. The van der Waals surface area contributed by atoms with Crippen molar-refractivity contribution in [1.82, 2.24) is 14.2 Å². The van der Waals surface area contributed by atoms with Gasteiger partial charge in [0.2, 0.25) is 10.0 Å². The maximum Gasteiger partial charge on any atom is 0.269 e. The number of hydrogen-bond acceptors (Lipinski definition) is 4. The molecule has 7 nitrogen and oxygen atoms in total. The lowest BCUT2D eigenvalue weighted by Gasteiger charge is -2.26. The van der Waals surface area contributed by atoms with Crippen molar-refractivity contribution in [3.63, 3.8) is 0 Å². The molecule has 1 amide bonds. The molecule has 1 aromatic rings. The Balaban J connectivity index is 0.00000484. The van der Waals surface area contributed by atoms with Crippen LogP contribution in [0.2, 0.25) is 0 Å². The lowest BCUT2D eigenvalue weighted by molar-refractivity contribution is 0.0818. The van der Waals surface area contributed by atoms with Crippen molar-refractivity contribution in [2.45, 2.75) is 37.1 Å². The number of carbonyl (C=O) groups excluding carboxylic acids is 1. The summed E-state index contributed by atoms with van der Waals surface area (Å²) in [5, 5.41) is 0. The highest BCUT2D eigenvalue weighted by Crippen LogP contribution is 2.16. The van der Waals surface area contributed by atoms with Crippen molar-refractivity contribution < 1.29 is 13.2 Å². The van der Waals surface area contributed by atoms with Crippen LogP contribution in [-0.2, 0) is 17.1 Å². The van der Waals surface area contributed by atoms with Crippen LogP contribution in [0, 0.1) is 0 Å². The fraction of sp³-hybridized carbons (Fsp3) is 0.643. The van der Waals surface area contributed by atoms with E-state index in [1.807, 2.05) is 13.8 Å². The fourth-order valence-electron chi connectivity index (χ4n) is 1.94. The number of nitrogens with two attached hydrogens (primary N) is 1. The lowest BCUT2D eigenvalue weighted by atomic mass is 9.95. The minimum Gasteiger partial charge on any atom is -0.345 e. The molecular formula is C14H27ClN4O3S. The summed E-state index contributed by atoms with van der Waals surface area (Å²) < 4.78 is 28.8. The third kappa shape index (κ3) is 5.20. The number of carbonyl (C=O) groups is 1. The van der Waals surface area contributed by atoms with Gasteiger partial charge >= 0.3 is 0 Å². The van der Waals surface area contributed by atoms with E-state index in [-0.39, 0.29) is 29.8 Å². The van der Waals surface area contributed by atoms with Crippen LogP contribution in [0.3, 0.4) is 0 Å². The molecule has 0 fully saturated rings. The summed E-state index contributed by atoms with van der Waals surface area (Å²) in [5.74, 6) is -0.251. The number of sulfonamides is 1. The van der Waals surface area contributed by atoms with Gasteiger partial charge in [-0.2, -0.15) is 0 Å². The standard InChI is InChI=1S/C14H26N4O3S.ClH/c1-6-14(15,7-2)10-16-22(20,21)11-8-12(18(5)9-11)13(19)17(3)4;/h8-9,16H,6-7,10,15H2,1-5H3;1H. The van der Waals surface area contributed by atoms with Crippen LogP contribution >= 0.6 is 12.4 Å². The molecule has 3 N–H and O–H groups in total. The molecule has 0 spiro atoms. The zero-order chi connectivity index (χ0) is 17.1. The largest absolute Gasteiger partial charge is 0.345 e. The third-order valence-electron chi connectivity index (χ3n) is 3.94. The van der Waals surface area contributed by atoms with Gasteiger partial charge in [0.25, 0.3) is 5.91 Å². The Labute approximate surface area is 144 Å². The van der Waals surface area contributed by atoms with Crippen LogP contribution in [-0.4, -0.2) is 50.0 Å². The molecule has 0 saturated heterocycles. The van der Waals surface area contributed by atoms with E-state index in [1.165, 1.54) is 21.7 Å². The van der Waals surface area contributed by atoms with Gasteiger partial charge in [0.1, 0.15) is 10.6 Å². The van der Waals surface area contributed by atoms with Gasteiger partial charge in [-0.1, -0.05) is 13.8 Å². The Hall–Kier alpha value is -1.09. The molecule has 0 unspecified atom stereocenters. The van der Waals surface area contributed by atoms with Gasteiger partial charge in [-0.25, -0.2) is 13.1 Å². The first-order valence-corrected chi connectivity index (χ1v) is 8.71. The highest BCUT2D eigenvalue weighted by atomic mass is 35.5. The van der Waals surface area contributed by atoms with Crippen molar-refractivity contribution in [3.8, 4) is 0 Å². The number of amides is 1. The number of nitrogens with one attached hydrogen (secondary N) is 1. The number of aromatic nitrogens is 1. The van der Waals surface area contributed by atoms with E-state index in [0.717, 1.165) is 0 Å². The van der Waals surface area contributed by atoms with Crippen molar-refractivity contribution in [2.24, 2.45) is 12.8 Å². The van der Waals surface area contributed by atoms with Crippen LogP contribution in [0.4, 0.5) is 0 Å². The summed E-state index contributed by atoms with van der Waals surface area (Å²) in [6.07, 6.45) is 2.77. The maximum atomic E-state index is 12.4. The molecule has 0 atom stereocenters. The van der Waals surface area contributed by atoms with E-state index in [2.05, 4.69) is 4.72 Å². The van der Waals surface area contributed by atoms with E-state index < -0.39 is 15.6 Å². The first-order valence-electron chi connectivity index (χ1n) is 7.23. The van der Waals surface area contributed by atoms with Crippen LogP contribution in [0.5, 0.6) is 0 Å². The van der Waals surface area contributed by atoms with E-state index >= 15 is 0 Å². The molecule has 0 aromatic carbocycles. The lowest BCUT2D eigenvalue weighted by Crippen LogP contribution is -2.49. The highest BCUT2D eigenvalue weighted by Gasteiger charge is 2.26. The van der Waals surface area contributed by atoms with Gasteiger partial charge in [0.05, 0.1) is 0 Å². The van der Waals surface area contributed by atoms with Crippen LogP contribution in [0.1, 0.15) is 37.2 Å². The summed E-state index contributed by atoms with van der Waals surface area (Å²) in [5.41, 5.74) is 5.86. The Morgan fingerprint density at radius 3 is 2.30 bits per heavy atom. The second-order valence-corrected chi connectivity index (χ2v) is 7.53. The number of aryl methyl sites for hydroxylation is 1. The number of rotatable bonds is 7. The average molecular weight is 367 g/mol. The summed E-state index contributed by atoms with van der Waals surface area (Å²) in [4.78, 5) is 13.5. The molecule has 1 rings (SSSR count). The average Bonchev–Trinajstić information content (AvgIpc) is 2.86. The summed E-state index contributed by atoms with van der Waals surface area (Å²) in [7, 11) is 1.18. The zero-order valence-electron chi connectivity index (χ0n) is 14.3. The number of halogens is 1. The van der Waals surface area contributed by atoms with Crippen LogP contribution < -0.4 is 10.5 Å². The van der Waals surface area contributed by atoms with Crippen molar-refractivity contribution in [3.05, 3.63) is 18.0 Å². The summed E-state index contributed by atoms with van der Waals surface area (Å²) >= 11 is 0. The predicted octanol–water partition coefficient (Wildman–Crippen LogP) is 0.944. The summed E-state index contributed by atoms with van der Waals surface area (Å²) in [6, 6.07) is 1.38. The van der Waals surface area contributed by atoms with E-state index in [1.54, 1.807) is 21.1 Å². The van der Waals surface area contributed by atoms with Gasteiger partial charge in [-0.15, -0.1) is 12.4 Å². The van der Waals surface area contributed by atoms with Crippen LogP contribution in [0.25, 0.3) is 0 Å². The molecule has 0 bridgehead atoms. The topological polar surface area (TPSA) is 97.4 Å². The van der Waals surface area contributed by atoms with Crippen LogP contribution in [0.15, 0.2) is 17.2 Å². The highest BCUT2D eigenvalue weighted by molar-refractivity contribution is 7.89. The van der Waals surface area contributed by atoms with Gasteiger partial charge in [0, 0.05) is 39.4 Å². The molecule has 1 heterocycles. The Morgan fingerprint density at radius 1 is 1.35 bits per heavy atom. The molecule has 0 saturated carbocycles. The molecule has 0 radical (unpaired) electrons. The molecule has 9 heteroatoms. The van der Waals surface area contributed by atoms with Crippen molar-refractivity contribution in [2.75, 3.05) is 20.6 Å². The Kier molecular flexibility index (Phi) is 7.75. The first kappa shape index (κ1) is 21.9. The molecule has 1 aromatic heterocycles. The minimum atomic E-state index is -3.70. The first-order chi connectivity index (χ1) is 10.1. The normalized spacial score (nSPS) is 11.9. The van der Waals surface area contributed by atoms with Gasteiger partial charge < -0.3 is 15.2 Å². The fourth-order valence-corrected chi connectivity index (χ4v) is 3.15. The Bertz CT molecular complexity index is 636. The van der Waals surface area contributed by atoms with Gasteiger partial charge in [-0.3, -0.25) is 4.79 Å². The maximum absolute atomic E-state index is 12.4. The van der Waals surface area contributed by atoms with Gasteiger partial charge in [-0.05, 0) is 18.9 Å². The van der Waals surface area contributed by atoms with E-state index in [9.17, 15) is 13.2 Å². The molecular weight excluding hydrogens is 340 g/mol. The molecule has 134 valence electrons. The Morgan fingerprint density at radius 2 is 1.87 bits per heavy atom. The quantitative estimate of drug-likeness (QED) is 0.750. The summed E-state index contributed by atoms with van der Waals surface area (Å²) in [6.45, 7) is 4.01. The monoisotopic (exact) mass is 366 g/mol. The molecule has 0 aliphatic carbocycles. The second-order valence-electron chi connectivity index (χ2n) is 5.77. The zero-order valence-corrected chi connectivity index (χ0v) is 15.9. The van der Waals surface area contributed by atoms with Crippen molar-refractivity contribution >= 4 is 28.3 Å². The van der Waals surface area contributed by atoms with Crippen molar-refractivity contribution in [1.29, 1.82) is 0 Å². The number of nitrogens with zero attached hydrogens (tertiary/aromatic N) is 2. The molecule has 0 aliphatic heterocycles. The van der Waals surface area contributed by atoms with E-state index in [0.29, 0.717) is 18.5 Å².